The Morgan fingerprint density at radius 3 is 2.46 bits per heavy atom. The predicted octanol–water partition coefficient (Wildman–Crippen LogP) is 4.73. The highest BCUT2D eigenvalue weighted by Gasteiger charge is 2.41. The first kappa shape index (κ1) is 18.8. The third kappa shape index (κ3) is 4.40. The highest BCUT2D eigenvalue weighted by atomic mass is 79.9. The second-order valence-electron chi connectivity index (χ2n) is 6.30. The van der Waals surface area contributed by atoms with Gasteiger partial charge in [-0.2, -0.15) is 0 Å². The van der Waals surface area contributed by atoms with Crippen molar-refractivity contribution in [2.45, 2.75) is 32.0 Å². The van der Waals surface area contributed by atoms with E-state index < -0.39 is 6.10 Å². The Hall–Kier alpha value is -1.98. The summed E-state index contributed by atoms with van der Waals surface area (Å²) in [5.41, 5.74) is 1.65. The lowest BCUT2D eigenvalue weighted by Gasteiger charge is -2.17. The van der Waals surface area contributed by atoms with Crippen LogP contribution in [0.15, 0.2) is 59.1 Å². The van der Waals surface area contributed by atoms with Crippen molar-refractivity contribution in [1.29, 1.82) is 0 Å². The summed E-state index contributed by atoms with van der Waals surface area (Å²) in [6, 6.07) is 17.0. The molecule has 2 aromatic carbocycles. The molecule has 3 atom stereocenters. The molecule has 2 aromatic rings. The summed E-state index contributed by atoms with van der Waals surface area (Å²) in [6.07, 6.45) is -0.0422. The number of ketones is 1. The van der Waals surface area contributed by atoms with Gasteiger partial charge in [-0.05, 0) is 31.0 Å². The smallest absolute Gasteiger partial charge is 0.308 e. The van der Waals surface area contributed by atoms with E-state index in [0.29, 0.717) is 18.6 Å². The lowest BCUT2D eigenvalue weighted by Crippen LogP contribution is -2.27. The average Bonchev–Trinajstić information content (AvgIpc) is 3.06. The number of Topliss-reactive ketones (excluding diaryl/α,β-unsaturated/α-hetero) is 1. The van der Waals surface area contributed by atoms with Crippen LogP contribution < -0.4 is 0 Å². The van der Waals surface area contributed by atoms with E-state index in [1.807, 2.05) is 42.5 Å². The third-order valence-electron chi connectivity index (χ3n) is 4.57. The molecule has 0 aromatic heterocycles. The molecule has 1 fully saturated rings. The maximum absolute atomic E-state index is 13.0. The molecular formula is C21H21BrO4. The van der Waals surface area contributed by atoms with Gasteiger partial charge < -0.3 is 9.47 Å². The van der Waals surface area contributed by atoms with Gasteiger partial charge in [0, 0.05) is 10.0 Å². The van der Waals surface area contributed by atoms with Crippen LogP contribution in [-0.4, -0.2) is 24.5 Å². The number of rotatable bonds is 6. The summed E-state index contributed by atoms with van der Waals surface area (Å²) >= 11 is 3.43. The van der Waals surface area contributed by atoms with E-state index in [-0.39, 0.29) is 30.2 Å². The van der Waals surface area contributed by atoms with Gasteiger partial charge in [-0.25, -0.2) is 0 Å². The van der Waals surface area contributed by atoms with Crippen LogP contribution >= 0.6 is 15.9 Å². The molecule has 0 unspecified atom stereocenters. The molecule has 0 amide bonds. The summed E-state index contributed by atoms with van der Waals surface area (Å²) in [6.45, 7) is 2.09. The Balaban J connectivity index is 1.82. The quantitative estimate of drug-likeness (QED) is 0.504. The van der Waals surface area contributed by atoms with Gasteiger partial charge in [0.15, 0.2) is 5.78 Å². The monoisotopic (exact) mass is 416 g/mol. The van der Waals surface area contributed by atoms with Crippen LogP contribution in [0.2, 0.25) is 0 Å². The molecule has 0 N–H and O–H groups in total. The molecule has 1 aliphatic heterocycles. The lowest BCUT2D eigenvalue weighted by atomic mass is 9.88. The number of carbonyl (C=O) groups is 2. The standard InChI is InChI=1S/C21H21BrO4/c1-2-25-20(23)13-19-17(21(24)15-6-4-3-5-7-15)12-18(26-19)14-8-10-16(22)11-9-14/h3-11,17-19H,2,12-13H2,1H3/t17-,18+,19+/m1/s1. The largest absolute Gasteiger partial charge is 0.466 e. The van der Waals surface area contributed by atoms with E-state index in [1.54, 1.807) is 19.1 Å². The zero-order valence-corrected chi connectivity index (χ0v) is 16.1. The molecule has 1 heterocycles. The summed E-state index contributed by atoms with van der Waals surface area (Å²) in [7, 11) is 0. The van der Waals surface area contributed by atoms with Crippen molar-refractivity contribution in [1.82, 2.24) is 0 Å². The number of halogens is 1. The molecule has 26 heavy (non-hydrogen) atoms. The van der Waals surface area contributed by atoms with Crippen LogP contribution in [0.4, 0.5) is 0 Å². The van der Waals surface area contributed by atoms with Gasteiger partial charge >= 0.3 is 5.97 Å². The Bertz CT molecular complexity index is 757. The van der Waals surface area contributed by atoms with Crippen molar-refractivity contribution in [3.8, 4) is 0 Å². The molecule has 5 heteroatoms. The van der Waals surface area contributed by atoms with Crippen molar-refractivity contribution in [3.05, 3.63) is 70.2 Å². The number of esters is 1. The number of hydrogen-bond donors (Lipinski definition) is 0. The minimum absolute atomic E-state index is 0.0134. The molecule has 1 saturated heterocycles. The average molecular weight is 417 g/mol. The fourth-order valence-electron chi connectivity index (χ4n) is 3.30. The van der Waals surface area contributed by atoms with E-state index in [4.69, 9.17) is 9.47 Å². The van der Waals surface area contributed by atoms with E-state index in [9.17, 15) is 9.59 Å². The summed E-state index contributed by atoms with van der Waals surface area (Å²) in [5.74, 6) is -0.685. The van der Waals surface area contributed by atoms with Crippen LogP contribution in [-0.2, 0) is 14.3 Å². The van der Waals surface area contributed by atoms with Gasteiger partial charge in [-0.3, -0.25) is 9.59 Å². The Morgan fingerprint density at radius 2 is 1.81 bits per heavy atom. The normalized spacial score (nSPS) is 22.2. The van der Waals surface area contributed by atoms with Gasteiger partial charge in [0.25, 0.3) is 0 Å². The first-order valence-electron chi connectivity index (χ1n) is 8.74. The van der Waals surface area contributed by atoms with Gasteiger partial charge in [-0.15, -0.1) is 0 Å². The van der Waals surface area contributed by atoms with E-state index in [2.05, 4.69) is 15.9 Å². The summed E-state index contributed by atoms with van der Waals surface area (Å²) in [5, 5.41) is 0. The first-order valence-corrected chi connectivity index (χ1v) is 9.53. The van der Waals surface area contributed by atoms with Crippen LogP contribution in [0.25, 0.3) is 0 Å². The second-order valence-corrected chi connectivity index (χ2v) is 7.21. The van der Waals surface area contributed by atoms with Crippen LogP contribution in [0.5, 0.6) is 0 Å². The minimum atomic E-state index is -0.476. The van der Waals surface area contributed by atoms with Gasteiger partial charge in [0.1, 0.15) is 0 Å². The third-order valence-corrected chi connectivity index (χ3v) is 5.09. The van der Waals surface area contributed by atoms with Crippen LogP contribution in [0, 0.1) is 5.92 Å². The molecule has 0 radical (unpaired) electrons. The maximum Gasteiger partial charge on any atom is 0.308 e. The molecule has 0 aliphatic carbocycles. The van der Waals surface area contributed by atoms with Gasteiger partial charge in [0.05, 0.1) is 31.2 Å². The van der Waals surface area contributed by atoms with Crippen LogP contribution in [0.1, 0.15) is 41.8 Å². The number of benzene rings is 2. The molecule has 1 aliphatic rings. The lowest BCUT2D eigenvalue weighted by molar-refractivity contribution is -0.146. The van der Waals surface area contributed by atoms with E-state index >= 15 is 0 Å². The van der Waals surface area contributed by atoms with Gasteiger partial charge in [-0.1, -0.05) is 58.4 Å². The topological polar surface area (TPSA) is 52.6 Å². The Labute approximate surface area is 161 Å². The molecule has 0 bridgehead atoms. The molecular weight excluding hydrogens is 396 g/mol. The van der Waals surface area contributed by atoms with Crippen molar-refractivity contribution < 1.29 is 19.1 Å². The van der Waals surface area contributed by atoms with E-state index in [1.165, 1.54) is 0 Å². The van der Waals surface area contributed by atoms with Crippen molar-refractivity contribution >= 4 is 27.7 Å². The van der Waals surface area contributed by atoms with Gasteiger partial charge in [0.2, 0.25) is 0 Å². The van der Waals surface area contributed by atoms with Crippen molar-refractivity contribution in [2.75, 3.05) is 6.61 Å². The van der Waals surface area contributed by atoms with Crippen LogP contribution in [0.3, 0.4) is 0 Å². The molecule has 3 rings (SSSR count). The predicted molar refractivity (Wildman–Crippen MR) is 102 cm³/mol. The first-order chi connectivity index (χ1) is 12.6. The highest BCUT2D eigenvalue weighted by Crippen LogP contribution is 2.40. The highest BCUT2D eigenvalue weighted by molar-refractivity contribution is 9.10. The Kier molecular flexibility index (Phi) is 6.22. The fraction of sp³-hybridized carbons (Fsp3) is 0.333. The summed E-state index contributed by atoms with van der Waals surface area (Å²) in [4.78, 5) is 25.0. The zero-order chi connectivity index (χ0) is 18.5. The molecule has 0 spiro atoms. The molecule has 136 valence electrons. The van der Waals surface area contributed by atoms with E-state index in [0.717, 1.165) is 10.0 Å². The van der Waals surface area contributed by atoms with Crippen molar-refractivity contribution in [2.24, 2.45) is 5.92 Å². The maximum atomic E-state index is 13.0. The molecule has 4 nitrogen and oxygen atoms in total. The van der Waals surface area contributed by atoms with Crippen molar-refractivity contribution in [3.63, 3.8) is 0 Å². The number of carbonyl (C=O) groups excluding carboxylic acids is 2. The fourth-order valence-corrected chi connectivity index (χ4v) is 3.57. The number of ether oxygens (including phenoxy) is 2. The SMILES string of the molecule is CCOC(=O)C[C@@H]1O[C@H](c2ccc(Br)cc2)C[C@H]1C(=O)c1ccccc1. The summed E-state index contributed by atoms with van der Waals surface area (Å²) < 4.78 is 12.2. The second kappa shape index (κ2) is 8.60. The minimum Gasteiger partial charge on any atom is -0.466 e. The number of hydrogen-bond acceptors (Lipinski definition) is 4. The molecule has 0 saturated carbocycles. The Morgan fingerprint density at radius 1 is 1.12 bits per heavy atom. The zero-order valence-electron chi connectivity index (χ0n) is 14.6.